The number of carbonyl (C=O) groups is 2. The Kier molecular flexibility index (Phi) is 8.81. The van der Waals surface area contributed by atoms with Crippen LogP contribution in [0.3, 0.4) is 0 Å². The molecule has 9 nitrogen and oxygen atoms in total. The van der Waals surface area contributed by atoms with Gasteiger partial charge in [0.1, 0.15) is 5.41 Å². The van der Waals surface area contributed by atoms with Gasteiger partial charge in [0, 0.05) is 44.6 Å². The Morgan fingerprint density at radius 2 is 1.10 bits per heavy atom. The number of fused-ring (bicyclic) bond motifs is 8. The Morgan fingerprint density at radius 3 is 1.67 bits per heavy atom. The number of Topliss-reactive ketones (excluding diaryl/α,β-unsaturated/α-hetero) is 2. The Morgan fingerprint density at radius 1 is 0.607 bits per heavy atom. The number of rotatable bonds is 8. The lowest BCUT2D eigenvalue weighted by molar-refractivity contribution is 0.0685. The first-order chi connectivity index (χ1) is 29.2. The second-order valence-corrected chi connectivity index (χ2v) is 20.7. The normalized spacial score (nSPS) is 20.6. The molecule has 3 atom stereocenters. The molecule has 6 aromatic carbocycles. The van der Waals surface area contributed by atoms with E-state index in [1.165, 1.54) is 7.94 Å². The van der Waals surface area contributed by atoms with Crippen molar-refractivity contribution in [2.45, 2.75) is 44.4 Å². The molecular formula is C50H41N3O6S2. The van der Waals surface area contributed by atoms with Crippen LogP contribution < -0.4 is 0 Å². The lowest BCUT2D eigenvalue weighted by Crippen LogP contribution is -2.44. The molecule has 304 valence electrons. The highest BCUT2D eigenvalue weighted by Crippen LogP contribution is 2.55. The third kappa shape index (κ3) is 5.98. The molecule has 0 radical (unpaired) electrons. The van der Waals surface area contributed by atoms with E-state index in [2.05, 4.69) is 6.07 Å². The van der Waals surface area contributed by atoms with Gasteiger partial charge in [-0.1, -0.05) is 121 Å². The zero-order chi connectivity index (χ0) is 42.5. The summed E-state index contributed by atoms with van der Waals surface area (Å²) in [4.78, 5) is 31.3. The Labute approximate surface area is 354 Å². The van der Waals surface area contributed by atoms with Crippen LogP contribution >= 0.6 is 0 Å². The second kappa shape index (κ2) is 13.8. The van der Waals surface area contributed by atoms with Crippen LogP contribution in [-0.2, 0) is 39.3 Å². The van der Waals surface area contributed by atoms with Crippen molar-refractivity contribution in [2.24, 2.45) is 10.8 Å². The number of hydrogen-bond acceptors (Lipinski definition) is 7. The minimum Gasteiger partial charge on any atom is -0.293 e. The van der Waals surface area contributed by atoms with Crippen LogP contribution in [0.2, 0.25) is 0 Å². The highest BCUT2D eigenvalue weighted by molar-refractivity contribution is 7.89. The molecule has 0 N–H and O–H groups in total. The minimum atomic E-state index is -4.04. The van der Waals surface area contributed by atoms with Crippen molar-refractivity contribution in [2.75, 3.05) is 12.5 Å². The predicted octanol–water partition coefficient (Wildman–Crippen LogP) is 9.39. The monoisotopic (exact) mass is 843 g/mol. The van der Waals surface area contributed by atoms with Gasteiger partial charge in [-0.3, -0.25) is 9.59 Å². The average Bonchev–Trinajstić information content (AvgIpc) is 3.79. The maximum Gasteiger partial charge on any atom is 0.236 e. The molecule has 0 spiro atoms. The molecule has 8 aromatic rings. The first-order valence-corrected chi connectivity index (χ1v) is 24.1. The third-order valence-electron chi connectivity index (χ3n) is 13.3. The second-order valence-electron chi connectivity index (χ2n) is 17.0. The van der Waals surface area contributed by atoms with Gasteiger partial charge in [-0.15, -0.1) is 0 Å². The predicted molar refractivity (Wildman–Crippen MR) is 239 cm³/mol. The van der Waals surface area contributed by atoms with E-state index in [9.17, 15) is 22.1 Å². The number of hydrogen-bond donors (Lipinski definition) is 0. The van der Waals surface area contributed by atoms with Gasteiger partial charge in [-0.05, 0) is 83.3 Å². The largest absolute Gasteiger partial charge is 0.293 e. The molecule has 2 heterocycles. The third-order valence-corrected chi connectivity index (χ3v) is 15.4. The molecule has 1 unspecified atom stereocenters. The van der Waals surface area contributed by atoms with Crippen molar-refractivity contribution in [3.05, 3.63) is 167 Å². The lowest BCUT2D eigenvalue weighted by Gasteiger charge is -2.43. The van der Waals surface area contributed by atoms with E-state index in [0.717, 1.165) is 45.2 Å². The summed E-state index contributed by atoms with van der Waals surface area (Å²) in [7, 11) is -7.87. The van der Waals surface area contributed by atoms with Crippen molar-refractivity contribution in [3.8, 4) is 6.07 Å². The first kappa shape index (κ1) is 38.8. The topological polar surface area (TPSA) is 136 Å². The molecule has 10 rings (SSSR count). The highest BCUT2D eigenvalue weighted by Gasteiger charge is 2.54. The summed E-state index contributed by atoms with van der Waals surface area (Å²) in [6.07, 6.45) is 3.15. The van der Waals surface area contributed by atoms with Crippen molar-refractivity contribution in [3.63, 3.8) is 0 Å². The van der Waals surface area contributed by atoms with Crippen LogP contribution in [0.4, 0.5) is 0 Å². The summed E-state index contributed by atoms with van der Waals surface area (Å²) in [6.45, 7) is 0. The Balaban J connectivity index is 1.23. The van der Waals surface area contributed by atoms with Gasteiger partial charge >= 0.3 is 0 Å². The van der Waals surface area contributed by atoms with Crippen LogP contribution in [0.1, 0.15) is 68.4 Å². The van der Waals surface area contributed by atoms with Crippen molar-refractivity contribution in [1.29, 1.82) is 5.26 Å². The highest BCUT2D eigenvalue weighted by atomic mass is 32.2. The number of nitrogens with zero attached hydrogens (tertiary/aromatic N) is 3. The number of para-hydroxylation sites is 2. The summed E-state index contributed by atoms with van der Waals surface area (Å²) >= 11 is 0. The van der Waals surface area contributed by atoms with Gasteiger partial charge in [-0.25, -0.2) is 24.8 Å². The summed E-state index contributed by atoms with van der Waals surface area (Å²) in [5.41, 5.74) is 0.896. The quantitative estimate of drug-likeness (QED) is 0.149. The maximum absolute atomic E-state index is 15.9. The number of carbonyl (C=O) groups excluding carboxylic acids is 2. The number of benzene rings is 6. The van der Waals surface area contributed by atoms with E-state index in [0.29, 0.717) is 33.1 Å². The molecule has 0 aliphatic heterocycles. The van der Waals surface area contributed by atoms with Gasteiger partial charge in [0.15, 0.2) is 11.6 Å². The summed E-state index contributed by atoms with van der Waals surface area (Å²) in [5, 5.41) is 16.2. The summed E-state index contributed by atoms with van der Waals surface area (Å²) in [6, 6.07) is 44.1. The van der Waals surface area contributed by atoms with E-state index >= 15 is 9.59 Å². The molecule has 2 aromatic heterocycles. The zero-order valence-electron chi connectivity index (χ0n) is 33.6. The van der Waals surface area contributed by atoms with Crippen LogP contribution in [0.15, 0.2) is 133 Å². The number of nitriles is 1. The minimum absolute atomic E-state index is 0.0348. The van der Waals surface area contributed by atoms with Crippen LogP contribution in [0.25, 0.3) is 43.4 Å². The van der Waals surface area contributed by atoms with E-state index in [1.54, 1.807) is 48.5 Å². The fraction of sp³-hybridized carbons (Fsp3) is 0.220. The van der Waals surface area contributed by atoms with Gasteiger partial charge in [-0.2, -0.15) is 5.26 Å². The van der Waals surface area contributed by atoms with Gasteiger partial charge in [0.2, 0.25) is 20.0 Å². The van der Waals surface area contributed by atoms with E-state index in [1.807, 2.05) is 84.9 Å². The molecule has 0 saturated carbocycles. The van der Waals surface area contributed by atoms with Crippen LogP contribution in [-0.4, -0.2) is 48.9 Å². The molecule has 0 amide bonds. The molecule has 0 bridgehead atoms. The Bertz CT molecular complexity index is 3460. The van der Waals surface area contributed by atoms with E-state index in [-0.39, 0.29) is 55.6 Å². The van der Waals surface area contributed by atoms with Crippen LogP contribution in [0, 0.1) is 22.2 Å². The summed E-state index contributed by atoms with van der Waals surface area (Å²) < 4.78 is 57.5. The Hall–Kier alpha value is -6.35. The van der Waals surface area contributed by atoms with Gasteiger partial charge in [0.25, 0.3) is 0 Å². The van der Waals surface area contributed by atoms with Gasteiger partial charge in [0.05, 0.1) is 29.6 Å². The molecular weight excluding hydrogens is 803 g/mol. The molecule has 11 heteroatoms. The van der Waals surface area contributed by atoms with Crippen molar-refractivity contribution >= 4 is 75.0 Å². The maximum atomic E-state index is 15.9. The van der Waals surface area contributed by atoms with Crippen LogP contribution in [0.5, 0.6) is 0 Å². The molecule has 61 heavy (non-hydrogen) atoms. The summed E-state index contributed by atoms with van der Waals surface area (Å²) in [5.74, 6) is -1.45. The van der Waals surface area contributed by atoms with Crippen molar-refractivity contribution in [1.82, 2.24) is 7.94 Å². The lowest BCUT2D eigenvalue weighted by atomic mass is 9.58. The van der Waals surface area contributed by atoms with Gasteiger partial charge < -0.3 is 0 Å². The first-order valence-electron chi connectivity index (χ1n) is 20.4. The van der Waals surface area contributed by atoms with Crippen molar-refractivity contribution < 1.29 is 26.4 Å². The number of aromatic nitrogens is 2. The average molecular weight is 844 g/mol. The molecule has 2 aliphatic rings. The standard InChI is InChI=1S/C50H41N3O6S2/c1-60(56,57)52-41-23-9-7-21-39(41)44-43(52)25-26-49(47(44)54,27-34-17-11-15-32-13-3-5-19-37(32)34)29-36-30-50(31-51,28-35-18-12-16-33-14-4-6-20-38(33)35)48(55)45-40-22-8-10-24-42(40)53(46(36)45)61(2,58)59/h3-24,36H,25-30H2,1-2H3/t36?,49-,50+/m1/s1. The van der Waals surface area contributed by atoms with E-state index in [4.69, 9.17) is 0 Å². The zero-order valence-corrected chi connectivity index (χ0v) is 35.3. The number of ketones is 2. The smallest absolute Gasteiger partial charge is 0.236 e. The molecule has 2 aliphatic carbocycles. The SMILES string of the molecule is CS(=O)(=O)n1c2c(c3ccccc31)C(=O)[C@](Cc1cccc3ccccc13)(CC1C[C@](C#N)(Cc3cccc4ccccc34)C(=O)c3c1n(S(C)(=O)=O)c1ccccc31)CC2. The van der Waals surface area contributed by atoms with E-state index < -0.39 is 42.6 Å². The molecule has 0 saturated heterocycles. The fourth-order valence-electron chi connectivity index (χ4n) is 10.9. The molecule has 0 fully saturated rings. The fourth-order valence-corrected chi connectivity index (χ4v) is 13.1.